The molecule has 2 heterocycles. The maximum Gasteiger partial charge on any atom is 0.217 e. The van der Waals surface area contributed by atoms with Crippen LogP contribution < -0.4 is 16.4 Å². The normalized spacial score (nSPS) is 11.2. The van der Waals surface area contributed by atoms with Crippen molar-refractivity contribution in [2.45, 2.75) is 33.7 Å². The van der Waals surface area contributed by atoms with Gasteiger partial charge in [0.15, 0.2) is 11.7 Å². The van der Waals surface area contributed by atoms with Crippen LogP contribution in [0.3, 0.4) is 0 Å². The molecule has 7 nitrogen and oxygen atoms in total. The highest BCUT2D eigenvalue weighted by atomic mass is 32.1. The van der Waals surface area contributed by atoms with Crippen molar-refractivity contribution >= 4 is 28.3 Å². The van der Waals surface area contributed by atoms with Crippen LogP contribution in [0.2, 0.25) is 0 Å². The van der Waals surface area contributed by atoms with Crippen molar-refractivity contribution in [3.05, 3.63) is 34.9 Å². The number of nitrogens with two attached hydrogens (primary N) is 1. The van der Waals surface area contributed by atoms with Gasteiger partial charge in [-0.2, -0.15) is 4.99 Å². The molecule has 0 atom stereocenters. The number of carbonyl (C=O) groups excluding carboxylic acids is 1. The van der Waals surface area contributed by atoms with Crippen molar-refractivity contribution in [1.29, 1.82) is 0 Å². The fraction of sp³-hybridized carbons (Fsp3) is 0.353. The van der Waals surface area contributed by atoms with E-state index in [9.17, 15) is 4.79 Å². The predicted molar refractivity (Wildman–Crippen MR) is 101 cm³/mol. The van der Waals surface area contributed by atoms with E-state index in [0.29, 0.717) is 34.9 Å². The Labute approximate surface area is 151 Å². The second-order valence-corrected chi connectivity index (χ2v) is 6.52. The summed E-state index contributed by atoms with van der Waals surface area (Å²) in [7, 11) is 0. The summed E-state index contributed by atoms with van der Waals surface area (Å²) in [6.07, 6.45) is 3.03. The van der Waals surface area contributed by atoms with Gasteiger partial charge >= 0.3 is 0 Å². The van der Waals surface area contributed by atoms with Crippen LogP contribution in [-0.4, -0.2) is 23.4 Å². The van der Waals surface area contributed by atoms with Gasteiger partial charge in [0.1, 0.15) is 11.5 Å². The number of hydrogen-bond acceptors (Lipinski definition) is 5. The van der Waals surface area contributed by atoms with E-state index in [4.69, 9.17) is 10.2 Å². The minimum Gasteiger partial charge on any atom is -0.458 e. The first-order valence-corrected chi connectivity index (χ1v) is 8.82. The number of nitrogens with one attached hydrogen (secondary N) is 2. The van der Waals surface area contributed by atoms with Gasteiger partial charge in [0.2, 0.25) is 11.0 Å². The van der Waals surface area contributed by atoms with Gasteiger partial charge in [0.25, 0.3) is 0 Å². The van der Waals surface area contributed by atoms with Crippen LogP contribution in [-0.2, 0) is 11.3 Å². The molecule has 1 amide bonds. The number of rotatable bonds is 7. The van der Waals surface area contributed by atoms with E-state index < -0.39 is 0 Å². The molecule has 0 spiro atoms. The van der Waals surface area contributed by atoms with E-state index in [-0.39, 0.29) is 5.91 Å². The van der Waals surface area contributed by atoms with E-state index >= 15 is 0 Å². The minimum absolute atomic E-state index is 0.101. The summed E-state index contributed by atoms with van der Waals surface area (Å²) in [5.74, 6) is 1.54. The highest BCUT2D eigenvalue weighted by Gasteiger charge is 2.09. The topological polar surface area (TPSA) is 106 Å². The molecule has 0 bridgehead atoms. The fourth-order valence-electron chi connectivity index (χ4n) is 1.95. The molecular formula is C17H23N5O2S. The molecule has 134 valence electrons. The summed E-state index contributed by atoms with van der Waals surface area (Å²) in [5.41, 5.74) is 7.83. The summed E-state index contributed by atoms with van der Waals surface area (Å²) in [5, 5.41) is 8.16. The number of furan rings is 1. The Kier molecular flexibility index (Phi) is 6.76. The average Bonchev–Trinajstić information content (AvgIpc) is 3.18. The average molecular weight is 361 g/mol. The highest BCUT2D eigenvalue weighted by Crippen LogP contribution is 2.28. The Balaban J connectivity index is 1.94. The number of guanidine groups is 1. The van der Waals surface area contributed by atoms with Crippen molar-refractivity contribution in [2.24, 2.45) is 10.7 Å². The number of nitrogens with zero attached hydrogens (tertiary/aromatic N) is 2. The Hall–Kier alpha value is -2.61. The lowest BCUT2D eigenvalue weighted by Gasteiger charge is -2.02. The van der Waals surface area contributed by atoms with Crippen molar-refractivity contribution < 1.29 is 9.21 Å². The lowest BCUT2D eigenvalue weighted by molar-refractivity contribution is -0.119. The zero-order valence-corrected chi connectivity index (χ0v) is 15.4. The Morgan fingerprint density at radius 1 is 1.36 bits per heavy atom. The largest absolute Gasteiger partial charge is 0.458 e. The first-order valence-electron chi connectivity index (χ1n) is 7.94. The number of aliphatic imine (C=N–C) groups is 1. The second-order valence-electron chi connectivity index (χ2n) is 5.68. The number of allylic oxidation sites excluding steroid dienone is 1. The SMILES string of the molecule is CC(=O)NCc1ccc(-c2csc(/N=C(\N)NCCC=C(C)C)n2)o1. The Bertz CT molecular complexity index is 772. The van der Waals surface area contributed by atoms with E-state index in [1.165, 1.54) is 23.8 Å². The zero-order valence-electron chi connectivity index (χ0n) is 14.6. The zero-order chi connectivity index (χ0) is 18.2. The molecule has 0 saturated carbocycles. The maximum atomic E-state index is 10.9. The molecule has 2 rings (SSSR count). The van der Waals surface area contributed by atoms with Gasteiger partial charge in [0, 0.05) is 18.8 Å². The van der Waals surface area contributed by atoms with Crippen LogP contribution in [0.4, 0.5) is 5.13 Å². The van der Waals surface area contributed by atoms with Crippen LogP contribution in [0.15, 0.2) is 38.6 Å². The molecule has 0 aromatic carbocycles. The fourth-order valence-corrected chi connectivity index (χ4v) is 2.64. The third-order valence-electron chi connectivity index (χ3n) is 3.14. The molecule has 2 aromatic rings. The predicted octanol–water partition coefficient (Wildman–Crippen LogP) is 2.93. The molecule has 2 aromatic heterocycles. The summed E-state index contributed by atoms with van der Waals surface area (Å²) >= 11 is 1.38. The minimum atomic E-state index is -0.101. The number of thiazole rings is 1. The van der Waals surface area contributed by atoms with E-state index in [1.807, 2.05) is 17.5 Å². The number of hydrogen-bond donors (Lipinski definition) is 3. The van der Waals surface area contributed by atoms with E-state index in [1.54, 1.807) is 0 Å². The molecule has 4 N–H and O–H groups in total. The van der Waals surface area contributed by atoms with Crippen molar-refractivity contribution in [3.63, 3.8) is 0 Å². The van der Waals surface area contributed by atoms with Crippen LogP contribution >= 0.6 is 11.3 Å². The highest BCUT2D eigenvalue weighted by molar-refractivity contribution is 7.13. The smallest absolute Gasteiger partial charge is 0.217 e. The monoisotopic (exact) mass is 361 g/mol. The van der Waals surface area contributed by atoms with Gasteiger partial charge in [-0.1, -0.05) is 11.6 Å². The molecule has 0 aliphatic carbocycles. The third-order valence-corrected chi connectivity index (χ3v) is 3.87. The van der Waals surface area contributed by atoms with Crippen LogP contribution in [0.5, 0.6) is 0 Å². The lowest BCUT2D eigenvalue weighted by Crippen LogP contribution is -2.31. The molecule has 0 aliphatic heterocycles. The van der Waals surface area contributed by atoms with Crippen LogP contribution in [0, 0.1) is 0 Å². The molecule has 0 unspecified atom stereocenters. The molecular weight excluding hydrogens is 338 g/mol. The molecule has 0 aliphatic rings. The standard InChI is InChI=1S/C17H23N5O2S/c1-11(2)5-4-8-19-16(18)22-17-21-14(10-25-17)15-7-6-13(24-15)9-20-12(3)23/h5-7,10H,4,8-9H2,1-3H3,(H,20,23)(H3,18,19,21,22). The Morgan fingerprint density at radius 3 is 2.88 bits per heavy atom. The third kappa shape index (κ3) is 6.42. The number of amides is 1. The number of carbonyl (C=O) groups is 1. The molecule has 8 heteroatoms. The maximum absolute atomic E-state index is 10.9. The van der Waals surface area contributed by atoms with Gasteiger partial charge in [-0.25, -0.2) is 4.98 Å². The van der Waals surface area contributed by atoms with Gasteiger partial charge in [-0.05, 0) is 32.4 Å². The number of aromatic nitrogens is 1. The van der Waals surface area contributed by atoms with E-state index in [0.717, 1.165) is 13.0 Å². The molecule has 25 heavy (non-hydrogen) atoms. The summed E-state index contributed by atoms with van der Waals surface area (Å²) in [6.45, 7) is 6.67. The van der Waals surface area contributed by atoms with Crippen molar-refractivity contribution in [3.8, 4) is 11.5 Å². The van der Waals surface area contributed by atoms with Gasteiger partial charge in [0.05, 0.1) is 6.54 Å². The quantitative estimate of drug-likeness (QED) is 0.304. The van der Waals surface area contributed by atoms with Crippen LogP contribution in [0.25, 0.3) is 11.5 Å². The summed E-state index contributed by atoms with van der Waals surface area (Å²) < 4.78 is 5.67. The molecule has 0 fully saturated rings. The molecule has 0 saturated heterocycles. The summed E-state index contributed by atoms with van der Waals surface area (Å²) in [4.78, 5) is 19.6. The van der Waals surface area contributed by atoms with Gasteiger partial charge in [-0.15, -0.1) is 11.3 Å². The van der Waals surface area contributed by atoms with Crippen LogP contribution in [0.1, 0.15) is 33.0 Å². The van der Waals surface area contributed by atoms with Gasteiger partial charge < -0.3 is 20.8 Å². The Morgan fingerprint density at radius 2 is 2.16 bits per heavy atom. The van der Waals surface area contributed by atoms with E-state index in [2.05, 4.69) is 40.5 Å². The van der Waals surface area contributed by atoms with Crippen molar-refractivity contribution in [1.82, 2.24) is 15.6 Å². The first kappa shape index (κ1) is 18.7. The molecule has 0 radical (unpaired) electrons. The first-order chi connectivity index (χ1) is 11.9. The lowest BCUT2D eigenvalue weighted by atomic mass is 10.3. The second kappa shape index (κ2) is 9.03. The van der Waals surface area contributed by atoms with Crippen molar-refractivity contribution in [2.75, 3.05) is 6.54 Å². The summed E-state index contributed by atoms with van der Waals surface area (Å²) in [6, 6.07) is 3.63. The van der Waals surface area contributed by atoms with Gasteiger partial charge in [-0.3, -0.25) is 4.79 Å².